The first-order chi connectivity index (χ1) is 17.0. The number of aliphatic hydroxyl groups excluding tert-OH is 1. The zero-order valence-electron chi connectivity index (χ0n) is 21.4. The summed E-state index contributed by atoms with van der Waals surface area (Å²) in [5.74, 6) is -0.790. The lowest BCUT2D eigenvalue weighted by Crippen LogP contribution is -2.54. The number of carbonyl (C=O) groups excluding carboxylic acids is 3. The number of fused-ring (bicyclic) bond motifs is 1. The van der Waals surface area contributed by atoms with Gasteiger partial charge in [0.15, 0.2) is 0 Å². The first kappa shape index (κ1) is 27.0. The lowest BCUT2D eigenvalue weighted by Gasteiger charge is -2.40. The molecule has 2 atom stereocenters. The number of methoxy groups -OCH3 is 1. The molecular weight excluding hydrogens is 464 g/mol. The van der Waals surface area contributed by atoms with Crippen LogP contribution in [0.3, 0.4) is 0 Å². The van der Waals surface area contributed by atoms with Crippen LogP contribution in [0.2, 0.25) is 0 Å². The van der Waals surface area contributed by atoms with E-state index in [9.17, 15) is 19.5 Å². The molecule has 9 heteroatoms. The molecule has 0 radical (unpaired) electrons. The molecule has 2 N–H and O–H groups in total. The number of rotatable bonds is 7. The van der Waals surface area contributed by atoms with Crippen LogP contribution in [0.1, 0.15) is 59.5 Å². The van der Waals surface area contributed by atoms with Crippen molar-refractivity contribution in [3.8, 4) is 5.75 Å². The van der Waals surface area contributed by atoms with Gasteiger partial charge < -0.3 is 24.6 Å². The maximum Gasteiger partial charge on any atom is 0.410 e. The zero-order chi connectivity index (χ0) is 26.5. The molecule has 0 fully saturated rings. The van der Waals surface area contributed by atoms with E-state index in [2.05, 4.69) is 5.32 Å². The highest BCUT2D eigenvalue weighted by Gasteiger charge is 2.37. The predicted octanol–water partition coefficient (Wildman–Crippen LogP) is 3.32. The zero-order valence-corrected chi connectivity index (χ0v) is 21.4. The Morgan fingerprint density at radius 1 is 1.14 bits per heavy atom. The van der Waals surface area contributed by atoms with Crippen molar-refractivity contribution in [2.75, 3.05) is 20.3 Å². The van der Waals surface area contributed by atoms with Crippen LogP contribution in [0, 0.1) is 0 Å². The number of aliphatic hydroxyl groups is 1. The molecule has 0 aromatic heterocycles. The monoisotopic (exact) mass is 498 g/mol. The number of hydrogen-bond acceptors (Lipinski definition) is 7. The van der Waals surface area contributed by atoms with E-state index >= 15 is 0 Å². The van der Waals surface area contributed by atoms with Crippen molar-refractivity contribution in [1.29, 1.82) is 0 Å². The van der Waals surface area contributed by atoms with Gasteiger partial charge in [-0.3, -0.25) is 9.69 Å². The van der Waals surface area contributed by atoms with Gasteiger partial charge in [0.1, 0.15) is 11.4 Å². The number of esters is 1. The Labute approximate surface area is 211 Å². The molecule has 0 saturated carbocycles. The van der Waals surface area contributed by atoms with Crippen LogP contribution >= 0.6 is 0 Å². The average Bonchev–Trinajstić information content (AvgIpc) is 2.84. The van der Waals surface area contributed by atoms with Crippen LogP contribution < -0.4 is 10.1 Å². The number of carbonyl (C=O) groups is 3. The Hall–Kier alpha value is -3.59. The summed E-state index contributed by atoms with van der Waals surface area (Å²) in [5, 5.41) is 13.8. The molecule has 0 unspecified atom stereocenters. The fourth-order valence-corrected chi connectivity index (χ4v) is 4.07. The van der Waals surface area contributed by atoms with E-state index in [1.807, 2.05) is 24.3 Å². The van der Waals surface area contributed by atoms with E-state index in [1.165, 1.54) is 30.2 Å². The van der Waals surface area contributed by atoms with Crippen LogP contribution in [0.5, 0.6) is 5.75 Å². The van der Waals surface area contributed by atoms with Crippen LogP contribution in [-0.4, -0.2) is 66.0 Å². The molecule has 0 spiro atoms. The van der Waals surface area contributed by atoms with E-state index in [0.717, 1.165) is 11.1 Å². The van der Waals surface area contributed by atoms with Crippen molar-refractivity contribution >= 4 is 18.0 Å². The molecule has 0 aliphatic carbocycles. The molecule has 2 amide bonds. The third kappa shape index (κ3) is 6.54. The topological polar surface area (TPSA) is 114 Å². The first-order valence-corrected chi connectivity index (χ1v) is 11.9. The van der Waals surface area contributed by atoms with Gasteiger partial charge >= 0.3 is 12.1 Å². The Morgan fingerprint density at radius 3 is 2.47 bits per heavy atom. The quantitative estimate of drug-likeness (QED) is 0.563. The molecule has 2 aromatic carbocycles. The van der Waals surface area contributed by atoms with Gasteiger partial charge in [0.05, 0.1) is 37.0 Å². The highest BCUT2D eigenvalue weighted by atomic mass is 16.6. The fourth-order valence-electron chi connectivity index (χ4n) is 4.07. The molecule has 3 rings (SSSR count). The van der Waals surface area contributed by atoms with Gasteiger partial charge in [-0.05, 0) is 63.4 Å². The van der Waals surface area contributed by atoms with Gasteiger partial charge in [0.25, 0.3) is 5.91 Å². The summed E-state index contributed by atoms with van der Waals surface area (Å²) < 4.78 is 15.9. The van der Waals surface area contributed by atoms with E-state index < -0.39 is 35.7 Å². The second-order valence-electron chi connectivity index (χ2n) is 9.56. The van der Waals surface area contributed by atoms with Crippen molar-refractivity contribution in [1.82, 2.24) is 10.2 Å². The van der Waals surface area contributed by atoms with Crippen LogP contribution in [-0.2, 0) is 22.4 Å². The fraction of sp³-hybridized carbons (Fsp3) is 0.444. The van der Waals surface area contributed by atoms with E-state index in [1.54, 1.807) is 27.7 Å². The first-order valence-electron chi connectivity index (χ1n) is 11.9. The molecule has 36 heavy (non-hydrogen) atoms. The lowest BCUT2D eigenvalue weighted by atomic mass is 9.91. The third-order valence-electron chi connectivity index (χ3n) is 5.78. The second-order valence-corrected chi connectivity index (χ2v) is 9.56. The lowest BCUT2D eigenvalue weighted by molar-refractivity contribution is -0.0113. The number of nitrogens with one attached hydrogen (secondary N) is 1. The number of amides is 2. The normalized spacial score (nSPS) is 15.9. The van der Waals surface area contributed by atoms with E-state index in [-0.39, 0.29) is 23.4 Å². The molecule has 1 aliphatic heterocycles. The molecule has 1 aliphatic rings. The summed E-state index contributed by atoms with van der Waals surface area (Å²) in [7, 11) is 1.27. The van der Waals surface area contributed by atoms with Gasteiger partial charge in [-0.25, -0.2) is 9.59 Å². The van der Waals surface area contributed by atoms with Crippen LogP contribution in [0.15, 0.2) is 42.5 Å². The van der Waals surface area contributed by atoms with E-state index in [0.29, 0.717) is 19.6 Å². The molecule has 0 bridgehead atoms. The average molecular weight is 499 g/mol. The summed E-state index contributed by atoms with van der Waals surface area (Å²) in [5.41, 5.74) is 1.80. The van der Waals surface area contributed by atoms with Crippen molar-refractivity contribution in [3.05, 3.63) is 64.7 Å². The summed E-state index contributed by atoms with van der Waals surface area (Å²) in [6, 6.07) is 11.5. The Balaban J connectivity index is 1.77. The largest absolute Gasteiger partial charge is 0.493 e. The second kappa shape index (κ2) is 11.4. The summed E-state index contributed by atoms with van der Waals surface area (Å²) in [4.78, 5) is 39.3. The maximum atomic E-state index is 13.0. The van der Waals surface area contributed by atoms with Crippen molar-refractivity contribution < 1.29 is 33.7 Å². The SMILES string of the molecule is CCOc1cc(C(=O)OC)ccc1C(=O)NC[C@@H](O)[C@@H]1Cc2ccccc2CN1C(=O)OC(C)(C)C. The molecule has 194 valence electrons. The van der Waals surface area contributed by atoms with Gasteiger partial charge in [-0.1, -0.05) is 24.3 Å². The molecular formula is C27H34N2O7. The third-order valence-corrected chi connectivity index (χ3v) is 5.78. The molecule has 9 nitrogen and oxygen atoms in total. The van der Waals surface area contributed by atoms with Gasteiger partial charge in [-0.15, -0.1) is 0 Å². The molecule has 2 aromatic rings. The minimum atomic E-state index is -1.06. The van der Waals surface area contributed by atoms with Gasteiger partial charge in [0.2, 0.25) is 0 Å². The Kier molecular flexibility index (Phi) is 8.57. The molecule has 0 saturated heterocycles. The minimum Gasteiger partial charge on any atom is -0.493 e. The summed E-state index contributed by atoms with van der Waals surface area (Å²) >= 11 is 0. The van der Waals surface area contributed by atoms with Crippen molar-refractivity contribution in [2.45, 2.75) is 58.4 Å². The number of nitrogens with zero attached hydrogens (tertiary/aromatic N) is 1. The van der Waals surface area contributed by atoms with E-state index in [4.69, 9.17) is 14.2 Å². The highest BCUT2D eigenvalue weighted by Crippen LogP contribution is 2.27. The maximum absolute atomic E-state index is 13.0. The standard InChI is InChI=1S/C27H34N2O7/c1-6-35-23-14-18(25(32)34-5)11-12-20(23)24(31)28-15-22(30)21-13-17-9-7-8-10-19(17)16-29(21)26(33)36-27(2,3)4/h7-12,14,21-22,30H,6,13,15-16H2,1-5H3,(H,28,31)/t21-,22+/m0/s1. The van der Waals surface area contributed by atoms with Crippen molar-refractivity contribution in [3.63, 3.8) is 0 Å². The molecule has 1 heterocycles. The summed E-state index contributed by atoms with van der Waals surface area (Å²) in [6.45, 7) is 7.61. The predicted molar refractivity (Wildman–Crippen MR) is 133 cm³/mol. The van der Waals surface area contributed by atoms with Crippen molar-refractivity contribution in [2.24, 2.45) is 0 Å². The summed E-state index contributed by atoms with van der Waals surface area (Å²) in [6.07, 6.45) is -1.16. The number of benzene rings is 2. The Bertz CT molecular complexity index is 1110. The number of ether oxygens (including phenoxy) is 3. The van der Waals surface area contributed by atoms with Crippen LogP contribution in [0.4, 0.5) is 4.79 Å². The Morgan fingerprint density at radius 2 is 1.83 bits per heavy atom. The van der Waals surface area contributed by atoms with Crippen LogP contribution in [0.25, 0.3) is 0 Å². The minimum absolute atomic E-state index is 0.102. The smallest absolute Gasteiger partial charge is 0.410 e. The van der Waals surface area contributed by atoms with Gasteiger partial charge in [0, 0.05) is 13.1 Å². The highest BCUT2D eigenvalue weighted by molar-refractivity contribution is 5.99. The number of hydrogen-bond donors (Lipinski definition) is 2. The van der Waals surface area contributed by atoms with Gasteiger partial charge in [-0.2, -0.15) is 0 Å².